The van der Waals surface area contributed by atoms with Gasteiger partial charge >= 0.3 is 6.18 Å². The molecule has 0 aromatic carbocycles. The van der Waals surface area contributed by atoms with Gasteiger partial charge in [0.25, 0.3) is 0 Å². The van der Waals surface area contributed by atoms with E-state index < -0.39 is 18.0 Å². The Kier molecular flexibility index (Phi) is 4.05. The number of halogens is 3. The first-order valence-corrected chi connectivity index (χ1v) is 6.26. The van der Waals surface area contributed by atoms with E-state index >= 15 is 0 Å². The second-order valence-electron chi connectivity index (χ2n) is 4.31. The van der Waals surface area contributed by atoms with Crippen LogP contribution >= 0.6 is 0 Å². The number of rotatable bonds is 4. The van der Waals surface area contributed by atoms with E-state index in [0.717, 1.165) is 0 Å². The lowest BCUT2D eigenvalue weighted by Crippen LogP contribution is -2.18. The van der Waals surface area contributed by atoms with E-state index in [1.165, 1.54) is 0 Å². The van der Waals surface area contributed by atoms with E-state index in [1.807, 2.05) is 6.92 Å². The lowest BCUT2D eigenvalue weighted by atomic mass is 10.1. The third-order valence-electron chi connectivity index (χ3n) is 3.00. The number of hydrogen-bond acceptors (Lipinski definition) is 4. The maximum absolute atomic E-state index is 13.0. The lowest BCUT2D eigenvalue weighted by Gasteiger charge is -2.17. The molecule has 1 aromatic rings. The highest BCUT2D eigenvalue weighted by Gasteiger charge is 2.39. The third-order valence-corrected chi connectivity index (χ3v) is 3.00. The van der Waals surface area contributed by atoms with Crippen LogP contribution in [0.4, 0.5) is 13.2 Å². The molecule has 1 atom stereocenters. The van der Waals surface area contributed by atoms with E-state index in [0.29, 0.717) is 25.3 Å². The molecule has 1 N–H and O–H groups in total. The fourth-order valence-electron chi connectivity index (χ4n) is 2.14. The van der Waals surface area contributed by atoms with Gasteiger partial charge in [0.2, 0.25) is 0 Å². The Balaban J connectivity index is 2.47. The molecular formula is C12H16F3N3O. The van der Waals surface area contributed by atoms with Gasteiger partial charge in [0.05, 0.1) is 5.69 Å². The SMILES string of the molecule is CCOC(CC)c1nc2c(c(C(F)(F)F)n1)CNC2. The number of fused-ring (bicyclic) bond motifs is 1. The fourth-order valence-corrected chi connectivity index (χ4v) is 2.14. The molecule has 1 aliphatic heterocycles. The quantitative estimate of drug-likeness (QED) is 0.917. The van der Waals surface area contributed by atoms with Gasteiger partial charge < -0.3 is 10.1 Å². The Morgan fingerprint density at radius 1 is 1.26 bits per heavy atom. The van der Waals surface area contributed by atoms with Crippen LogP contribution in [-0.4, -0.2) is 16.6 Å². The van der Waals surface area contributed by atoms with Crippen molar-refractivity contribution >= 4 is 0 Å². The van der Waals surface area contributed by atoms with Crippen molar-refractivity contribution in [3.05, 3.63) is 22.8 Å². The molecule has 2 heterocycles. The minimum atomic E-state index is -4.46. The molecule has 2 rings (SSSR count). The first-order chi connectivity index (χ1) is 8.97. The number of alkyl halides is 3. The monoisotopic (exact) mass is 275 g/mol. The average molecular weight is 275 g/mol. The van der Waals surface area contributed by atoms with Crippen LogP contribution in [0.15, 0.2) is 0 Å². The van der Waals surface area contributed by atoms with Crippen molar-refractivity contribution in [2.24, 2.45) is 0 Å². The van der Waals surface area contributed by atoms with E-state index in [-0.39, 0.29) is 17.9 Å². The molecule has 19 heavy (non-hydrogen) atoms. The van der Waals surface area contributed by atoms with Crippen molar-refractivity contribution in [2.75, 3.05) is 6.61 Å². The third kappa shape index (κ3) is 2.87. The molecular weight excluding hydrogens is 259 g/mol. The van der Waals surface area contributed by atoms with E-state index in [2.05, 4.69) is 15.3 Å². The predicted octanol–water partition coefficient (Wildman–Crippen LogP) is 2.59. The molecule has 7 heteroatoms. The molecule has 4 nitrogen and oxygen atoms in total. The average Bonchev–Trinajstić information content (AvgIpc) is 2.81. The Bertz CT molecular complexity index is 462. The van der Waals surface area contributed by atoms with Crippen molar-refractivity contribution in [1.29, 1.82) is 0 Å². The molecule has 1 aromatic heterocycles. The van der Waals surface area contributed by atoms with E-state index in [9.17, 15) is 13.2 Å². The molecule has 0 saturated heterocycles. The maximum atomic E-state index is 13.0. The zero-order valence-corrected chi connectivity index (χ0v) is 10.8. The Morgan fingerprint density at radius 2 is 2.00 bits per heavy atom. The first-order valence-electron chi connectivity index (χ1n) is 6.26. The van der Waals surface area contributed by atoms with Crippen LogP contribution in [0.1, 0.15) is 49.1 Å². The van der Waals surface area contributed by atoms with Gasteiger partial charge in [-0.05, 0) is 13.3 Å². The number of nitrogens with one attached hydrogen (secondary N) is 1. The highest BCUT2D eigenvalue weighted by atomic mass is 19.4. The predicted molar refractivity (Wildman–Crippen MR) is 62.2 cm³/mol. The highest BCUT2D eigenvalue weighted by molar-refractivity contribution is 5.31. The van der Waals surface area contributed by atoms with Gasteiger partial charge in [0.1, 0.15) is 6.10 Å². The van der Waals surface area contributed by atoms with Crippen molar-refractivity contribution in [3.8, 4) is 0 Å². The first kappa shape index (κ1) is 14.2. The molecule has 0 aliphatic carbocycles. The maximum Gasteiger partial charge on any atom is 0.433 e. The summed E-state index contributed by atoms with van der Waals surface area (Å²) in [6.45, 7) is 4.55. The summed E-state index contributed by atoms with van der Waals surface area (Å²) in [5.74, 6) is 0.124. The van der Waals surface area contributed by atoms with Crippen molar-refractivity contribution in [1.82, 2.24) is 15.3 Å². The minimum absolute atomic E-state index is 0.124. The van der Waals surface area contributed by atoms with Crippen LogP contribution in [-0.2, 0) is 24.0 Å². The minimum Gasteiger partial charge on any atom is -0.371 e. The summed E-state index contributed by atoms with van der Waals surface area (Å²) in [4.78, 5) is 7.92. The van der Waals surface area contributed by atoms with Gasteiger partial charge in [-0.2, -0.15) is 13.2 Å². The molecule has 0 bridgehead atoms. The number of nitrogens with zero attached hydrogens (tertiary/aromatic N) is 2. The fraction of sp³-hybridized carbons (Fsp3) is 0.667. The van der Waals surface area contributed by atoms with Crippen LogP contribution in [0.3, 0.4) is 0 Å². The van der Waals surface area contributed by atoms with Gasteiger partial charge in [-0.3, -0.25) is 0 Å². The summed E-state index contributed by atoms with van der Waals surface area (Å²) in [5, 5.41) is 2.87. The van der Waals surface area contributed by atoms with Crippen LogP contribution in [0, 0.1) is 0 Å². The van der Waals surface area contributed by atoms with Crippen molar-refractivity contribution < 1.29 is 17.9 Å². The summed E-state index contributed by atoms with van der Waals surface area (Å²) in [7, 11) is 0. The van der Waals surface area contributed by atoms with E-state index in [4.69, 9.17) is 4.74 Å². The number of aromatic nitrogens is 2. The normalized spacial score (nSPS) is 16.5. The number of ether oxygens (including phenoxy) is 1. The van der Waals surface area contributed by atoms with Crippen LogP contribution in [0.25, 0.3) is 0 Å². The summed E-state index contributed by atoms with van der Waals surface area (Å²) < 4.78 is 44.4. The van der Waals surface area contributed by atoms with Crippen LogP contribution in [0.2, 0.25) is 0 Å². The topological polar surface area (TPSA) is 47.0 Å². The Labute approximate surface area is 109 Å². The molecule has 1 unspecified atom stereocenters. The highest BCUT2D eigenvalue weighted by Crippen LogP contribution is 2.34. The molecule has 1 aliphatic rings. The zero-order chi connectivity index (χ0) is 14.0. The molecule has 0 amide bonds. The molecule has 0 saturated carbocycles. The zero-order valence-electron chi connectivity index (χ0n) is 10.8. The standard InChI is InChI=1S/C12H16F3N3O/c1-3-9(19-4-2)11-17-8-6-16-5-7(8)10(18-11)12(13,14)15/h9,16H,3-6H2,1-2H3. The molecule has 0 radical (unpaired) electrons. The second kappa shape index (κ2) is 5.42. The summed E-state index contributed by atoms with van der Waals surface area (Å²) in [6.07, 6.45) is -4.41. The van der Waals surface area contributed by atoms with Gasteiger partial charge in [-0.25, -0.2) is 9.97 Å². The summed E-state index contributed by atoms with van der Waals surface area (Å²) in [5.41, 5.74) is -0.256. The molecule has 106 valence electrons. The smallest absolute Gasteiger partial charge is 0.371 e. The van der Waals surface area contributed by atoms with Gasteiger partial charge in [-0.1, -0.05) is 6.92 Å². The number of hydrogen-bond donors (Lipinski definition) is 1. The van der Waals surface area contributed by atoms with Crippen LogP contribution < -0.4 is 5.32 Å². The van der Waals surface area contributed by atoms with Gasteiger partial charge in [0, 0.05) is 25.3 Å². The Hall–Kier alpha value is -1.21. The van der Waals surface area contributed by atoms with Gasteiger partial charge in [0.15, 0.2) is 11.5 Å². The summed E-state index contributed by atoms with van der Waals surface area (Å²) >= 11 is 0. The van der Waals surface area contributed by atoms with Crippen LogP contribution in [0.5, 0.6) is 0 Å². The Morgan fingerprint density at radius 3 is 2.58 bits per heavy atom. The largest absolute Gasteiger partial charge is 0.433 e. The van der Waals surface area contributed by atoms with Crippen molar-refractivity contribution in [2.45, 2.75) is 45.6 Å². The van der Waals surface area contributed by atoms with Crippen molar-refractivity contribution in [3.63, 3.8) is 0 Å². The molecule has 0 spiro atoms. The summed E-state index contributed by atoms with van der Waals surface area (Å²) in [6, 6.07) is 0. The lowest BCUT2D eigenvalue weighted by molar-refractivity contribution is -0.142. The van der Waals surface area contributed by atoms with Gasteiger partial charge in [-0.15, -0.1) is 0 Å². The molecule has 0 fully saturated rings. The second-order valence-corrected chi connectivity index (χ2v) is 4.31. The van der Waals surface area contributed by atoms with E-state index in [1.54, 1.807) is 6.92 Å².